The Morgan fingerprint density at radius 2 is 1.78 bits per heavy atom. The number of carbonyl (C=O) groups excluding carboxylic acids is 1. The second-order valence-corrected chi connectivity index (χ2v) is 6.49. The molecule has 0 aliphatic rings. The standard InChI is InChI=1S/C19H31NO3/c1-8-10-22-19(7,9-2)18(21)20-16-11-14(5)17(15(6)12-16)23-13(3)4/h11-13H,8-10H2,1-7H3,(H,20,21)/t19-/m0/s1. The Balaban J connectivity index is 2.94. The Kier molecular flexibility index (Phi) is 7.07. The van der Waals surface area contributed by atoms with E-state index in [1.165, 1.54) is 0 Å². The molecule has 1 amide bonds. The molecule has 1 rings (SSSR count). The first-order chi connectivity index (χ1) is 10.7. The van der Waals surface area contributed by atoms with Crippen LogP contribution < -0.4 is 10.1 Å². The predicted molar refractivity (Wildman–Crippen MR) is 95.2 cm³/mol. The fourth-order valence-electron chi connectivity index (χ4n) is 2.36. The van der Waals surface area contributed by atoms with Gasteiger partial charge in [-0.1, -0.05) is 13.8 Å². The Hall–Kier alpha value is -1.55. The predicted octanol–water partition coefficient (Wildman–Crippen LogP) is 4.62. The van der Waals surface area contributed by atoms with Gasteiger partial charge in [0.25, 0.3) is 5.91 Å². The van der Waals surface area contributed by atoms with E-state index in [4.69, 9.17) is 9.47 Å². The number of amides is 1. The van der Waals surface area contributed by atoms with E-state index in [9.17, 15) is 4.79 Å². The van der Waals surface area contributed by atoms with Gasteiger partial charge in [-0.25, -0.2) is 0 Å². The van der Waals surface area contributed by atoms with Crippen LogP contribution in [-0.4, -0.2) is 24.2 Å². The maximum atomic E-state index is 12.6. The second-order valence-electron chi connectivity index (χ2n) is 6.49. The summed E-state index contributed by atoms with van der Waals surface area (Å²) in [4.78, 5) is 12.6. The average molecular weight is 321 g/mol. The molecule has 0 unspecified atom stereocenters. The van der Waals surface area contributed by atoms with Gasteiger partial charge in [0, 0.05) is 12.3 Å². The molecule has 0 fully saturated rings. The van der Waals surface area contributed by atoms with Gasteiger partial charge < -0.3 is 14.8 Å². The second kappa shape index (κ2) is 8.34. The molecule has 0 radical (unpaired) electrons. The molecule has 4 heteroatoms. The molecule has 0 aliphatic carbocycles. The summed E-state index contributed by atoms with van der Waals surface area (Å²) in [7, 11) is 0. The average Bonchev–Trinajstić information content (AvgIpc) is 2.48. The molecule has 0 spiro atoms. The Bertz CT molecular complexity index is 516. The third kappa shape index (κ3) is 5.24. The number of hydrogen-bond acceptors (Lipinski definition) is 3. The highest BCUT2D eigenvalue weighted by Gasteiger charge is 2.32. The van der Waals surface area contributed by atoms with Crippen LogP contribution in [0.3, 0.4) is 0 Å². The first-order valence-electron chi connectivity index (χ1n) is 8.46. The van der Waals surface area contributed by atoms with Crippen LogP contribution in [0.4, 0.5) is 5.69 Å². The minimum atomic E-state index is -0.801. The Morgan fingerprint density at radius 3 is 2.22 bits per heavy atom. The van der Waals surface area contributed by atoms with Gasteiger partial charge in [-0.15, -0.1) is 0 Å². The van der Waals surface area contributed by atoms with Gasteiger partial charge in [0.1, 0.15) is 11.4 Å². The third-order valence-electron chi connectivity index (χ3n) is 3.85. The quantitative estimate of drug-likeness (QED) is 0.759. The summed E-state index contributed by atoms with van der Waals surface area (Å²) >= 11 is 0. The topological polar surface area (TPSA) is 47.6 Å². The molecule has 0 saturated heterocycles. The van der Waals surface area contributed by atoms with E-state index in [0.29, 0.717) is 13.0 Å². The number of rotatable bonds is 8. The lowest BCUT2D eigenvalue weighted by Crippen LogP contribution is -2.42. The molecule has 23 heavy (non-hydrogen) atoms. The van der Waals surface area contributed by atoms with Crippen LogP contribution in [0.1, 0.15) is 58.6 Å². The molecular weight excluding hydrogens is 290 g/mol. The fourth-order valence-corrected chi connectivity index (χ4v) is 2.36. The zero-order valence-corrected chi connectivity index (χ0v) is 15.6. The smallest absolute Gasteiger partial charge is 0.256 e. The van der Waals surface area contributed by atoms with Gasteiger partial charge in [0.05, 0.1) is 6.10 Å². The molecule has 130 valence electrons. The Morgan fingerprint density at radius 1 is 1.22 bits per heavy atom. The highest BCUT2D eigenvalue weighted by atomic mass is 16.5. The van der Waals surface area contributed by atoms with E-state index in [0.717, 1.165) is 29.0 Å². The third-order valence-corrected chi connectivity index (χ3v) is 3.85. The maximum absolute atomic E-state index is 12.6. The summed E-state index contributed by atoms with van der Waals surface area (Å²) in [5.41, 5.74) is 2.01. The summed E-state index contributed by atoms with van der Waals surface area (Å²) in [6.07, 6.45) is 1.65. The fraction of sp³-hybridized carbons (Fsp3) is 0.632. The molecule has 0 bridgehead atoms. The van der Waals surface area contributed by atoms with Crippen molar-refractivity contribution in [2.45, 2.75) is 73.0 Å². The van der Waals surface area contributed by atoms with Crippen molar-refractivity contribution in [2.75, 3.05) is 11.9 Å². The van der Waals surface area contributed by atoms with E-state index in [1.807, 2.05) is 60.6 Å². The maximum Gasteiger partial charge on any atom is 0.256 e. The van der Waals surface area contributed by atoms with Crippen LogP contribution >= 0.6 is 0 Å². The number of carbonyl (C=O) groups is 1. The van der Waals surface area contributed by atoms with Crippen molar-refractivity contribution in [1.29, 1.82) is 0 Å². The lowest BCUT2D eigenvalue weighted by Gasteiger charge is -2.27. The van der Waals surface area contributed by atoms with Crippen molar-refractivity contribution >= 4 is 11.6 Å². The highest BCUT2D eigenvalue weighted by Crippen LogP contribution is 2.29. The summed E-state index contributed by atoms with van der Waals surface area (Å²) in [6, 6.07) is 3.89. The van der Waals surface area contributed by atoms with Crippen LogP contribution in [-0.2, 0) is 9.53 Å². The number of anilines is 1. The minimum Gasteiger partial charge on any atom is -0.490 e. The van der Waals surface area contributed by atoms with Crippen LogP contribution in [0.5, 0.6) is 5.75 Å². The van der Waals surface area contributed by atoms with Gasteiger partial charge >= 0.3 is 0 Å². The Labute approximate surface area is 140 Å². The lowest BCUT2D eigenvalue weighted by molar-refractivity contribution is -0.139. The van der Waals surface area contributed by atoms with Crippen molar-refractivity contribution in [3.05, 3.63) is 23.3 Å². The molecule has 1 N–H and O–H groups in total. The molecule has 4 nitrogen and oxygen atoms in total. The van der Waals surface area contributed by atoms with Crippen LogP contribution in [0, 0.1) is 13.8 Å². The zero-order valence-electron chi connectivity index (χ0n) is 15.6. The van der Waals surface area contributed by atoms with Crippen LogP contribution in [0.15, 0.2) is 12.1 Å². The van der Waals surface area contributed by atoms with Gasteiger partial charge in [-0.05, 0) is 70.7 Å². The summed E-state index contributed by atoms with van der Waals surface area (Å²) in [6.45, 7) is 14.4. The van der Waals surface area contributed by atoms with Gasteiger partial charge in [0.15, 0.2) is 0 Å². The molecule has 1 atom stereocenters. The van der Waals surface area contributed by atoms with Crippen molar-refractivity contribution in [1.82, 2.24) is 0 Å². The molecule has 1 aromatic rings. The van der Waals surface area contributed by atoms with Gasteiger partial charge in [-0.2, -0.15) is 0 Å². The molecule has 0 saturated carbocycles. The molecule has 0 aromatic heterocycles. The van der Waals surface area contributed by atoms with E-state index in [2.05, 4.69) is 5.32 Å². The summed E-state index contributed by atoms with van der Waals surface area (Å²) in [5.74, 6) is 0.781. The first kappa shape index (κ1) is 19.5. The summed E-state index contributed by atoms with van der Waals surface area (Å²) in [5, 5.41) is 2.99. The minimum absolute atomic E-state index is 0.107. The number of benzene rings is 1. The van der Waals surface area contributed by atoms with Gasteiger partial charge in [-0.3, -0.25) is 4.79 Å². The van der Waals surface area contributed by atoms with Gasteiger partial charge in [0.2, 0.25) is 0 Å². The molecule has 0 aliphatic heterocycles. The van der Waals surface area contributed by atoms with E-state index in [-0.39, 0.29) is 12.0 Å². The van der Waals surface area contributed by atoms with Crippen LogP contribution in [0.2, 0.25) is 0 Å². The monoisotopic (exact) mass is 321 g/mol. The lowest BCUT2D eigenvalue weighted by atomic mass is 10.0. The van der Waals surface area contributed by atoms with Crippen molar-refractivity contribution < 1.29 is 14.3 Å². The zero-order chi connectivity index (χ0) is 17.6. The highest BCUT2D eigenvalue weighted by molar-refractivity contribution is 5.97. The first-order valence-corrected chi connectivity index (χ1v) is 8.46. The number of nitrogens with one attached hydrogen (secondary N) is 1. The number of aryl methyl sites for hydroxylation is 2. The number of hydrogen-bond donors (Lipinski definition) is 1. The normalized spacial score (nSPS) is 13.7. The summed E-state index contributed by atoms with van der Waals surface area (Å²) < 4.78 is 11.6. The van der Waals surface area contributed by atoms with E-state index >= 15 is 0 Å². The van der Waals surface area contributed by atoms with Crippen LogP contribution in [0.25, 0.3) is 0 Å². The SMILES string of the molecule is CCCO[C@@](C)(CC)C(=O)Nc1cc(C)c(OC(C)C)c(C)c1. The largest absolute Gasteiger partial charge is 0.490 e. The van der Waals surface area contributed by atoms with E-state index in [1.54, 1.807) is 0 Å². The van der Waals surface area contributed by atoms with Crippen molar-refractivity contribution in [3.63, 3.8) is 0 Å². The van der Waals surface area contributed by atoms with Crippen molar-refractivity contribution in [2.24, 2.45) is 0 Å². The van der Waals surface area contributed by atoms with Crippen molar-refractivity contribution in [3.8, 4) is 5.75 Å². The number of ether oxygens (including phenoxy) is 2. The molecule has 1 aromatic carbocycles. The molecule has 0 heterocycles. The van der Waals surface area contributed by atoms with E-state index < -0.39 is 5.60 Å². The molecular formula is C19H31NO3.